The number of hydrogen-bond donors (Lipinski definition) is 0. The first-order valence-electron chi connectivity index (χ1n) is 9.19. The van der Waals surface area contributed by atoms with E-state index < -0.39 is 0 Å². The van der Waals surface area contributed by atoms with Gasteiger partial charge in [0.25, 0.3) is 0 Å². The fourth-order valence-electron chi connectivity index (χ4n) is 4.18. The van der Waals surface area contributed by atoms with Crippen molar-refractivity contribution in [2.45, 2.75) is 20.8 Å². The van der Waals surface area contributed by atoms with E-state index in [9.17, 15) is 4.79 Å². The van der Waals surface area contributed by atoms with Crippen LogP contribution in [0.2, 0.25) is 0 Å². The highest BCUT2D eigenvalue weighted by molar-refractivity contribution is 6.25. The molecule has 0 N–H and O–H groups in total. The first-order chi connectivity index (χ1) is 13.0. The molecular weight excluding hydrogens is 330 g/mol. The average molecular weight is 349 g/mol. The Morgan fingerprint density at radius 3 is 2.22 bits per heavy atom. The number of hydrogen-bond acceptors (Lipinski definition) is 2. The molecule has 0 amide bonds. The summed E-state index contributed by atoms with van der Waals surface area (Å²) in [5.41, 5.74) is 10.2. The third-order valence-electron chi connectivity index (χ3n) is 5.31. The van der Waals surface area contributed by atoms with Gasteiger partial charge in [-0.2, -0.15) is 0 Å². The number of rotatable bonds is 1. The van der Waals surface area contributed by atoms with Gasteiger partial charge in [-0.15, -0.1) is 0 Å². The molecule has 2 nitrogen and oxygen atoms in total. The van der Waals surface area contributed by atoms with Crippen LogP contribution in [0.15, 0.2) is 60.7 Å². The zero-order valence-electron chi connectivity index (χ0n) is 15.6. The lowest BCUT2D eigenvalue weighted by Gasteiger charge is -2.21. The number of aryl methyl sites for hydroxylation is 3. The van der Waals surface area contributed by atoms with Crippen LogP contribution in [0.25, 0.3) is 33.3 Å². The van der Waals surface area contributed by atoms with Gasteiger partial charge < -0.3 is 0 Å². The molecule has 0 saturated heterocycles. The topological polar surface area (TPSA) is 30.0 Å². The minimum absolute atomic E-state index is 0.0871. The lowest BCUT2D eigenvalue weighted by molar-refractivity contribution is 0.104. The maximum atomic E-state index is 13.0. The fourth-order valence-corrected chi connectivity index (χ4v) is 4.18. The Morgan fingerprint density at radius 2 is 1.44 bits per heavy atom. The van der Waals surface area contributed by atoms with Gasteiger partial charge in [0.05, 0.1) is 11.2 Å². The van der Waals surface area contributed by atoms with Gasteiger partial charge in [-0.05, 0) is 56.2 Å². The summed E-state index contributed by atoms with van der Waals surface area (Å²) >= 11 is 0. The zero-order chi connectivity index (χ0) is 18.7. The summed E-state index contributed by atoms with van der Waals surface area (Å²) < 4.78 is 0. The quantitative estimate of drug-likeness (QED) is 0.369. The van der Waals surface area contributed by atoms with Crippen LogP contribution in [0.3, 0.4) is 0 Å². The van der Waals surface area contributed by atoms with Gasteiger partial charge in [0.1, 0.15) is 0 Å². The molecule has 0 unspecified atom stereocenters. The van der Waals surface area contributed by atoms with E-state index in [4.69, 9.17) is 4.98 Å². The number of carbonyl (C=O) groups is 1. The molecule has 0 fully saturated rings. The SMILES string of the molecule is Cc1cc(C)cc(-c2cc3c4c(cccc4n2)C(=O)c2ccc(C)cc2-3)c1. The molecule has 3 aromatic carbocycles. The van der Waals surface area contributed by atoms with Crippen LogP contribution >= 0.6 is 0 Å². The van der Waals surface area contributed by atoms with Crippen molar-refractivity contribution in [3.05, 3.63) is 88.5 Å². The Bertz CT molecular complexity index is 1250. The molecule has 0 spiro atoms. The minimum atomic E-state index is 0.0871. The molecule has 27 heavy (non-hydrogen) atoms. The van der Waals surface area contributed by atoms with E-state index in [1.807, 2.05) is 30.3 Å². The monoisotopic (exact) mass is 349 g/mol. The molecule has 1 heterocycles. The van der Waals surface area contributed by atoms with Crippen LogP contribution in [-0.2, 0) is 0 Å². The van der Waals surface area contributed by atoms with Crippen molar-refractivity contribution in [1.29, 1.82) is 0 Å². The largest absolute Gasteiger partial charge is 0.289 e. The highest BCUT2D eigenvalue weighted by atomic mass is 16.1. The summed E-state index contributed by atoms with van der Waals surface area (Å²) in [5, 5.41) is 0.966. The summed E-state index contributed by atoms with van der Waals surface area (Å²) in [5.74, 6) is 0.0871. The molecule has 1 aromatic heterocycles. The summed E-state index contributed by atoms with van der Waals surface area (Å²) in [7, 11) is 0. The Labute approximate surface area is 158 Å². The molecule has 0 aliphatic heterocycles. The van der Waals surface area contributed by atoms with E-state index in [-0.39, 0.29) is 5.78 Å². The molecule has 130 valence electrons. The maximum Gasteiger partial charge on any atom is 0.194 e. The molecule has 0 radical (unpaired) electrons. The fraction of sp³-hybridized carbons (Fsp3) is 0.120. The average Bonchev–Trinajstić information content (AvgIpc) is 2.64. The molecule has 1 aliphatic rings. The minimum Gasteiger partial charge on any atom is -0.289 e. The predicted octanol–water partition coefficient (Wildman–Crippen LogP) is 6.04. The molecular formula is C25H19NO. The van der Waals surface area contributed by atoms with Gasteiger partial charge in [0.2, 0.25) is 0 Å². The van der Waals surface area contributed by atoms with Gasteiger partial charge >= 0.3 is 0 Å². The second-order valence-corrected chi connectivity index (χ2v) is 7.51. The number of aromatic nitrogens is 1. The van der Waals surface area contributed by atoms with Crippen molar-refractivity contribution >= 4 is 16.7 Å². The van der Waals surface area contributed by atoms with Gasteiger partial charge in [0, 0.05) is 22.1 Å². The Kier molecular flexibility index (Phi) is 3.32. The predicted molar refractivity (Wildman–Crippen MR) is 110 cm³/mol. The standard InChI is InChI=1S/C25H19NO/c1-14-7-8-18-20(12-14)21-13-23(17-10-15(2)9-16(3)11-17)26-22-6-4-5-19(24(21)22)25(18)27/h4-13H,1-3H3. The second-order valence-electron chi connectivity index (χ2n) is 7.51. The number of carbonyl (C=O) groups excluding carboxylic acids is 1. The number of ketones is 1. The van der Waals surface area contributed by atoms with Crippen LogP contribution in [-0.4, -0.2) is 10.8 Å². The lowest BCUT2D eigenvalue weighted by atomic mass is 9.83. The Hall–Kier alpha value is -3.26. The highest BCUT2D eigenvalue weighted by Gasteiger charge is 2.26. The summed E-state index contributed by atoms with van der Waals surface area (Å²) in [6.07, 6.45) is 0. The molecule has 0 saturated carbocycles. The third-order valence-corrected chi connectivity index (χ3v) is 5.31. The van der Waals surface area contributed by atoms with Crippen molar-refractivity contribution in [3.8, 4) is 22.4 Å². The van der Waals surface area contributed by atoms with Crippen LogP contribution in [0.4, 0.5) is 0 Å². The first-order valence-corrected chi connectivity index (χ1v) is 9.19. The van der Waals surface area contributed by atoms with E-state index >= 15 is 0 Å². The van der Waals surface area contributed by atoms with E-state index in [0.29, 0.717) is 0 Å². The van der Waals surface area contributed by atoms with Crippen molar-refractivity contribution < 1.29 is 4.79 Å². The molecule has 2 heteroatoms. The van der Waals surface area contributed by atoms with Crippen LogP contribution in [0.1, 0.15) is 32.6 Å². The molecule has 0 bridgehead atoms. The third kappa shape index (κ3) is 2.41. The van der Waals surface area contributed by atoms with Gasteiger partial charge in [0.15, 0.2) is 5.78 Å². The smallest absolute Gasteiger partial charge is 0.194 e. The van der Waals surface area contributed by atoms with Crippen molar-refractivity contribution in [2.24, 2.45) is 0 Å². The number of fused-ring (bicyclic) bond motifs is 2. The van der Waals surface area contributed by atoms with Gasteiger partial charge in [-0.3, -0.25) is 4.79 Å². The van der Waals surface area contributed by atoms with Gasteiger partial charge in [-0.1, -0.05) is 53.1 Å². The summed E-state index contributed by atoms with van der Waals surface area (Å²) in [6, 6.07) is 20.6. The molecule has 5 rings (SSSR count). The number of benzene rings is 3. The zero-order valence-corrected chi connectivity index (χ0v) is 15.6. The van der Waals surface area contributed by atoms with E-state index in [1.54, 1.807) is 0 Å². The summed E-state index contributed by atoms with van der Waals surface area (Å²) in [4.78, 5) is 17.9. The maximum absolute atomic E-state index is 13.0. The lowest BCUT2D eigenvalue weighted by Crippen LogP contribution is -2.10. The van der Waals surface area contributed by atoms with Gasteiger partial charge in [-0.25, -0.2) is 4.98 Å². The van der Waals surface area contributed by atoms with E-state index in [0.717, 1.165) is 50.0 Å². The normalized spacial score (nSPS) is 12.3. The van der Waals surface area contributed by atoms with Crippen molar-refractivity contribution in [2.75, 3.05) is 0 Å². The number of pyridine rings is 1. The summed E-state index contributed by atoms with van der Waals surface area (Å²) in [6.45, 7) is 6.28. The van der Waals surface area contributed by atoms with Crippen molar-refractivity contribution in [3.63, 3.8) is 0 Å². The van der Waals surface area contributed by atoms with Crippen LogP contribution in [0, 0.1) is 20.8 Å². The van der Waals surface area contributed by atoms with Crippen molar-refractivity contribution in [1.82, 2.24) is 4.98 Å². The van der Waals surface area contributed by atoms with Crippen LogP contribution < -0.4 is 0 Å². The second kappa shape index (κ2) is 5.62. The van der Waals surface area contributed by atoms with Crippen LogP contribution in [0.5, 0.6) is 0 Å². The number of nitrogens with zero attached hydrogens (tertiary/aromatic N) is 1. The van der Waals surface area contributed by atoms with E-state index in [1.165, 1.54) is 11.1 Å². The highest BCUT2D eigenvalue weighted by Crippen LogP contribution is 2.41. The van der Waals surface area contributed by atoms with E-state index in [2.05, 4.69) is 51.1 Å². The molecule has 1 aliphatic carbocycles. The molecule has 0 atom stereocenters. The Morgan fingerprint density at radius 1 is 0.667 bits per heavy atom. The molecule has 4 aromatic rings. The Balaban J connectivity index is 1.89. The first kappa shape index (κ1) is 16.0.